The Labute approximate surface area is 60.3 Å². The molecule has 0 N–H and O–H groups in total. The van der Waals surface area contributed by atoms with Crippen molar-refractivity contribution in [3.63, 3.8) is 0 Å². The molecule has 0 radical (unpaired) electrons. The second-order valence-corrected chi connectivity index (χ2v) is 2.97. The average molecular weight is 138 g/mol. The van der Waals surface area contributed by atoms with E-state index in [9.17, 15) is 0 Å². The number of thioether (sulfide) groups is 1. The Kier molecular flexibility index (Phi) is 2.17. The SMILES string of the molecule is C=CC(=C)C1=CSCC1. The van der Waals surface area contributed by atoms with Gasteiger partial charge in [0.15, 0.2) is 0 Å². The molecule has 1 heterocycles. The molecular formula is C8H10S. The molecule has 0 fully saturated rings. The van der Waals surface area contributed by atoms with Crippen LogP contribution in [0.1, 0.15) is 6.42 Å². The van der Waals surface area contributed by atoms with E-state index < -0.39 is 0 Å². The van der Waals surface area contributed by atoms with Crippen molar-refractivity contribution in [2.75, 3.05) is 5.75 Å². The molecule has 9 heavy (non-hydrogen) atoms. The van der Waals surface area contributed by atoms with Crippen LogP contribution < -0.4 is 0 Å². The van der Waals surface area contributed by atoms with E-state index >= 15 is 0 Å². The van der Waals surface area contributed by atoms with Gasteiger partial charge in [0.25, 0.3) is 0 Å². The topological polar surface area (TPSA) is 0 Å². The summed E-state index contributed by atoms with van der Waals surface area (Å²) < 4.78 is 0. The summed E-state index contributed by atoms with van der Waals surface area (Å²) in [7, 11) is 0. The Morgan fingerprint density at radius 3 is 3.00 bits per heavy atom. The van der Waals surface area contributed by atoms with Crippen LogP contribution in [-0.2, 0) is 0 Å². The molecule has 0 aromatic rings. The lowest BCUT2D eigenvalue weighted by molar-refractivity contribution is 1.18. The van der Waals surface area contributed by atoms with Crippen LogP contribution in [0.5, 0.6) is 0 Å². The number of allylic oxidation sites excluding steroid dienone is 3. The minimum atomic E-state index is 1.08. The molecule has 0 bridgehead atoms. The van der Waals surface area contributed by atoms with Gasteiger partial charge >= 0.3 is 0 Å². The first kappa shape index (κ1) is 6.69. The van der Waals surface area contributed by atoms with E-state index in [0.29, 0.717) is 0 Å². The summed E-state index contributed by atoms with van der Waals surface area (Å²) in [6.45, 7) is 7.51. The third kappa shape index (κ3) is 1.49. The van der Waals surface area contributed by atoms with Crippen molar-refractivity contribution in [2.24, 2.45) is 0 Å². The van der Waals surface area contributed by atoms with Crippen molar-refractivity contribution in [3.05, 3.63) is 35.8 Å². The molecule has 0 atom stereocenters. The van der Waals surface area contributed by atoms with Crippen molar-refractivity contribution < 1.29 is 0 Å². The molecule has 0 nitrogen and oxygen atoms in total. The minimum absolute atomic E-state index is 1.08. The van der Waals surface area contributed by atoms with Crippen molar-refractivity contribution in [2.45, 2.75) is 6.42 Å². The van der Waals surface area contributed by atoms with Gasteiger partial charge in [-0.3, -0.25) is 0 Å². The lowest BCUT2D eigenvalue weighted by Gasteiger charge is -1.95. The van der Waals surface area contributed by atoms with Crippen molar-refractivity contribution in [1.29, 1.82) is 0 Å². The molecule has 0 amide bonds. The van der Waals surface area contributed by atoms with Gasteiger partial charge < -0.3 is 0 Å². The number of hydrogen-bond donors (Lipinski definition) is 0. The molecule has 0 saturated carbocycles. The highest BCUT2D eigenvalue weighted by atomic mass is 32.2. The highest BCUT2D eigenvalue weighted by Crippen LogP contribution is 2.26. The minimum Gasteiger partial charge on any atom is -0.133 e. The van der Waals surface area contributed by atoms with Crippen LogP contribution in [0.2, 0.25) is 0 Å². The fraction of sp³-hybridized carbons (Fsp3) is 0.250. The van der Waals surface area contributed by atoms with Gasteiger partial charge in [0.1, 0.15) is 0 Å². The zero-order valence-corrected chi connectivity index (χ0v) is 6.21. The van der Waals surface area contributed by atoms with E-state index in [-0.39, 0.29) is 0 Å². The average Bonchev–Trinajstić information content (AvgIpc) is 2.37. The van der Waals surface area contributed by atoms with Gasteiger partial charge in [-0.25, -0.2) is 0 Å². The molecule has 0 saturated heterocycles. The summed E-state index contributed by atoms with van der Waals surface area (Å²) in [5.74, 6) is 1.21. The molecule has 1 heteroatoms. The van der Waals surface area contributed by atoms with Crippen molar-refractivity contribution in [1.82, 2.24) is 0 Å². The Morgan fingerprint density at radius 2 is 2.56 bits per heavy atom. The fourth-order valence-electron chi connectivity index (χ4n) is 0.755. The van der Waals surface area contributed by atoms with E-state index in [4.69, 9.17) is 0 Å². The van der Waals surface area contributed by atoms with Crippen LogP contribution in [0.3, 0.4) is 0 Å². The summed E-state index contributed by atoms with van der Waals surface area (Å²) in [5.41, 5.74) is 2.44. The van der Waals surface area contributed by atoms with Crippen LogP contribution in [-0.4, -0.2) is 5.75 Å². The van der Waals surface area contributed by atoms with Gasteiger partial charge in [-0.1, -0.05) is 19.2 Å². The third-order valence-electron chi connectivity index (χ3n) is 1.37. The van der Waals surface area contributed by atoms with Gasteiger partial charge in [-0.05, 0) is 23.0 Å². The van der Waals surface area contributed by atoms with Gasteiger partial charge in [-0.15, -0.1) is 11.8 Å². The molecule has 1 aliphatic heterocycles. The van der Waals surface area contributed by atoms with Crippen LogP contribution in [0.15, 0.2) is 35.8 Å². The summed E-state index contributed by atoms with van der Waals surface area (Å²) in [6.07, 6.45) is 2.98. The van der Waals surface area contributed by atoms with E-state index in [1.165, 1.54) is 11.3 Å². The monoisotopic (exact) mass is 138 g/mol. The molecule has 1 rings (SSSR count). The van der Waals surface area contributed by atoms with Gasteiger partial charge in [-0.2, -0.15) is 0 Å². The summed E-state index contributed by atoms with van der Waals surface area (Å²) in [4.78, 5) is 0. The summed E-state index contributed by atoms with van der Waals surface area (Å²) in [6, 6.07) is 0. The second-order valence-electron chi connectivity index (χ2n) is 1.99. The lowest BCUT2D eigenvalue weighted by atomic mass is 10.1. The zero-order chi connectivity index (χ0) is 6.69. The maximum absolute atomic E-state index is 3.86. The number of hydrogen-bond acceptors (Lipinski definition) is 1. The zero-order valence-electron chi connectivity index (χ0n) is 5.39. The maximum atomic E-state index is 3.86. The van der Waals surface area contributed by atoms with Gasteiger partial charge in [0, 0.05) is 5.75 Å². The van der Waals surface area contributed by atoms with E-state index in [2.05, 4.69) is 18.6 Å². The van der Waals surface area contributed by atoms with Crippen molar-refractivity contribution in [3.8, 4) is 0 Å². The maximum Gasteiger partial charge on any atom is 0.00151 e. The summed E-state index contributed by atoms with van der Waals surface area (Å²) in [5, 5.41) is 2.17. The molecule has 0 aliphatic carbocycles. The third-order valence-corrected chi connectivity index (χ3v) is 2.26. The number of rotatable bonds is 2. The van der Waals surface area contributed by atoms with Crippen LogP contribution in [0, 0.1) is 0 Å². The molecule has 0 spiro atoms. The van der Waals surface area contributed by atoms with E-state index in [0.717, 1.165) is 12.0 Å². The predicted octanol–water partition coefficient (Wildman–Crippen LogP) is 2.75. The Balaban J connectivity index is 2.61. The van der Waals surface area contributed by atoms with E-state index in [1.54, 1.807) is 0 Å². The molecule has 0 aromatic heterocycles. The van der Waals surface area contributed by atoms with Gasteiger partial charge in [0.05, 0.1) is 0 Å². The van der Waals surface area contributed by atoms with E-state index in [1.807, 2.05) is 17.8 Å². The van der Waals surface area contributed by atoms with Gasteiger partial charge in [0.2, 0.25) is 0 Å². The fourth-order valence-corrected chi connectivity index (χ4v) is 1.68. The first-order valence-electron chi connectivity index (χ1n) is 2.97. The smallest absolute Gasteiger partial charge is 0.00151 e. The molecule has 0 aromatic carbocycles. The lowest BCUT2D eigenvalue weighted by Crippen LogP contribution is -1.79. The first-order chi connectivity index (χ1) is 4.34. The van der Waals surface area contributed by atoms with Crippen LogP contribution in [0.4, 0.5) is 0 Å². The second kappa shape index (κ2) is 2.92. The Hall–Kier alpha value is -0.430. The quantitative estimate of drug-likeness (QED) is 0.529. The Bertz CT molecular complexity index is 165. The summed E-state index contributed by atoms with van der Waals surface area (Å²) >= 11 is 1.86. The largest absolute Gasteiger partial charge is 0.133 e. The predicted molar refractivity (Wildman–Crippen MR) is 44.5 cm³/mol. The molecular weight excluding hydrogens is 128 g/mol. The molecule has 48 valence electrons. The highest BCUT2D eigenvalue weighted by molar-refractivity contribution is 8.02. The molecule has 0 unspecified atom stereocenters. The normalized spacial score (nSPS) is 17.1. The Morgan fingerprint density at radius 1 is 1.78 bits per heavy atom. The standard InChI is InChI=1S/C8H10S/c1-3-7(2)8-4-5-9-6-8/h3,6H,1-2,4-5H2. The highest BCUT2D eigenvalue weighted by Gasteiger charge is 2.04. The molecule has 1 aliphatic rings. The first-order valence-corrected chi connectivity index (χ1v) is 4.02. The van der Waals surface area contributed by atoms with Crippen LogP contribution in [0.25, 0.3) is 0 Å². The van der Waals surface area contributed by atoms with Crippen LogP contribution >= 0.6 is 11.8 Å². The van der Waals surface area contributed by atoms with Crippen molar-refractivity contribution >= 4 is 11.8 Å².